The van der Waals surface area contributed by atoms with E-state index in [0.29, 0.717) is 50.7 Å². The fraction of sp³-hybridized carbons (Fsp3) is 0.609. The molecule has 0 radical (unpaired) electrons. The summed E-state index contributed by atoms with van der Waals surface area (Å²) in [6, 6.07) is 7.24. The predicted octanol–water partition coefficient (Wildman–Crippen LogP) is 1.56. The first-order valence-corrected chi connectivity index (χ1v) is 11.0. The van der Waals surface area contributed by atoms with Gasteiger partial charge >= 0.3 is 0 Å². The van der Waals surface area contributed by atoms with E-state index in [2.05, 4.69) is 29.4 Å². The SMILES string of the molecule is Cc1ccccc1C(=O)NC(CC(C)C)C(=O)N1CCN(CC(=O)NC2CC2)CC1. The van der Waals surface area contributed by atoms with E-state index in [-0.39, 0.29) is 23.6 Å². The molecule has 1 aliphatic heterocycles. The van der Waals surface area contributed by atoms with Crippen LogP contribution in [0.1, 0.15) is 49.0 Å². The first-order chi connectivity index (χ1) is 14.3. The highest BCUT2D eigenvalue weighted by atomic mass is 16.2. The van der Waals surface area contributed by atoms with E-state index in [0.717, 1.165) is 18.4 Å². The van der Waals surface area contributed by atoms with Crippen LogP contribution in [-0.2, 0) is 9.59 Å². The summed E-state index contributed by atoms with van der Waals surface area (Å²) < 4.78 is 0. The van der Waals surface area contributed by atoms with E-state index in [1.807, 2.05) is 30.0 Å². The van der Waals surface area contributed by atoms with Crippen LogP contribution in [0, 0.1) is 12.8 Å². The van der Waals surface area contributed by atoms with Crippen molar-refractivity contribution in [3.63, 3.8) is 0 Å². The number of nitrogens with one attached hydrogen (secondary N) is 2. The van der Waals surface area contributed by atoms with Gasteiger partial charge in [-0.3, -0.25) is 19.3 Å². The summed E-state index contributed by atoms with van der Waals surface area (Å²) in [5.74, 6) is 0.110. The quantitative estimate of drug-likeness (QED) is 0.677. The lowest BCUT2D eigenvalue weighted by atomic mass is 10.0. The van der Waals surface area contributed by atoms with Gasteiger partial charge in [-0.2, -0.15) is 0 Å². The van der Waals surface area contributed by atoms with Crippen molar-refractivity contribution in [3.05, 3.63) is 35.4 Å². The summed E-state index contributed by atoms with van der Waals surface area (Å²) in [4.78, 5) is 41.9. The molecule has 3 rings (SSSR count). The second-order valence-electron chi connectivity index (χ2n) is 8.91. The third-order valence-electron chi connectivity index (χ3n) is 5.69. The van der Waals surface area contributed by atoms with Gasteiger partial charge in [0.15, 0.2) is 0 Å². The third kappa shape index (κ3) is 6.29. The number of aryl methyl sites for hydroxylation is 1. The van der Waals surface area contributed by atoms with E-state index >= 15 is 0 Å². The molecule has 1 aromatic carbocycles. The Morgan fingerprint density at radius 2 is 1.73 bits per heavy atom. The first-order valence-electron chi connectivity index (χ1n) is 11.0. The second-order valence-corrected chi connectivity index (χ2v) is 8.91. The van der Waals surface area contributed by atoms with Gasteiger partial charge in [0.1, 0.15) is 6.04 Å². The van der Waals surface area contributed by atoms with E-state index in [9.17, 15) is 14.4 Å². The number of benzene rings is 1. The molecule has 0 bridgehead atoms. The maximum absolute atomic E-state index is 13.2. The van der Waals surface area contributed by atoms with Gasteiger partial charge < -0.3 is 15.5 Å². The molecule has 0 spiro atoms. The van der Waals surface area contributed by atoms with Gasteiger partial charge in [-0.25, -0.2) is 0 Å². The lowest BCUT2D eigenvalue weighted by molar-refractivity contribution is -0.135. The van der Waals surface area contributed by atoms with Crippen LogP contribution >= 0.6 is 0 Å². The van der Waals surface area contributed by atoms with Crippen molar-refractivity contribution in [2.24, 2.45) is 5.92 Å². The minimum atomic E-state index is -0.540. The molecule has 0 aromatic heterocycles. The van der Waals surface area contributed by atoms with E-state index < -0.39 is 6.04 Å². The molecule has 1 saturated heterocycles. The van der Waals surface area contributed by atoms with Gasteiger partial charge in [-0.15, -0.1) is 0 Å². The molecule has 30 heavy (non-hydrogen) atoms. The molecule has 7 nitrogen and oxygen atoms in total. The molecule has 3 amide bonds. The summed E-state index contributed by atoms with van der Waals surface area (Å²) >= 11 is 0. The van der Waals surface area contributed by atoms with E-state index in [1.165, 1.54) is 0 Å². The minimum absolute atomic E-state index is 0.0345. The number of rotatable bonds is 8. The van der Waals surface area contributed by atoms with Gasteiger partial charge in [0.05, 0.1) is 6.54 Å². The van der Waals surface area contributed by atoms with Crippen molar-refractivity contribution in [1.82, 2.24) is 20.4 Å². The Labute approximate surface area is 179 Å². The van der Waals surface area contributed by atoms with Crippen LogP contribution in [0.3, 0.4) is 0 Å². The van der Waals surface area contributed by atoms with Crippen LogP contribution in [0.5, 0.6) is 0 Å². The second kappa shape index (κ2) is 10.1. The average molecular weight is 415 g/mol. The van der Waals surface area contributed by atoms with Crippen LogP contribution in [0.15, 0.2) is 24.3 Å². The summed E-state index contributed by atoms with van der Waals surface area (Å²) in [6.45, 7) is 8.88. The molecule has 1 aromatic rings. The summed E-state index contributed by atoms with van der Waals surface area (Å²) in [5.41, 5.74) is 1.49. The molecular weight excluding hydrogens is 380 g/mol. The van der Waals surface area contributed by atoms with Gasteiger partial charge in [0.25, 0.3) is 5.91 Å². The molecule has 2 fully saturated rings. The van der Waals surface area contributed by atoms with Gasteiger partial charge in [-0.1, -0.05) is 32.0 Å². The third-order valence-corrected chi connectivity index (χ3v) is 5.69. The fourth-order valence-electron chi connectivity index (χ4n) is 3.81. The normalized spacial score (nSPS) is 18.2. The molecule has 2 N–H and O–H groups in total. The zero-order chi connectivity index (χ0) is 21.7. The van der Waals surface area contributed by atoms with Crippen LogP contribution in [0.4, 0.5) is 0 Å². The number of carbonyl (C=O) groups is 3. The average Bonchev–Trinajstić information content (AvgIpc) is 3.51. The summed E-state index contributed by atoms with van der Waals surface area (Å²) in [6.07, 6.45) is 2.76. The van der Waals surface area contributed by atoms with Crippen molar-refractivity contribution < 1.29 is 14.4 Å². The van der Waals surface area contributed by atoms with E-state index in [4.69, 9.17) is 0 Å². The van der Waals surface area contributed by atoms with Crippen molar-refractivity contribution in [2.75, 3.05) is 32.7 Å². The van der Waals surface area contributed by atoms with Crippen LogP contribution in [-0.4, -0.2) is 72.3 Å². The Morgan fingerprint density at radius 1 is 1.07 bits per heavy atom. The van der Waals surface area contributed by atoms with Crippen molar-refractivity contribution in [2.45, 2.75) is 52.1 Å². The van der Waals surface area contributed by atoms with Crippen LogP contribution < -0.4 is 10.6 Å². The molecule has 1 unspecified atom stereocenters. The molecular formula is C23H34N4O3. The molecule has 1 saturated carbocycles. The largest absolute Gasteiger partial charge is 0.352 e. The number of carbonyl (C=O) groups excluding carboxylic acids is 3. The molecule has 7 heteroatoms. The highest BCUT2D eigenvalue weighted by Crippen LogP contribution is 2.18. The monoisotopic (exact) mass is 414 g/mol. The highest BCUT2D eigenvalue weighted by molar-refractivity contribution is 5.98. The Kier molecular flexibility index (Phi) is 7.48. The topological polar surface area (TPSA) is 81.8 Å². The van der Waals surface area contributed by atoms with Crippen LogP contribution in [0.25, 0.3) is 0 Å². The van der Waals surface area contributed by atoms with Crippen molar-refractivity contribution >= 4 is 17.7 Å². The fourth-order valence-corrected chi connectivity index (χ4v) is 3.81. The van der Waals surface area contributed by atoms with Crippen molar-refractivity contribution in [3.8, 4) is 0 Å². The Hall–Kier alpha value is -2.41. The lowest BCUT2D eigenvalue weighted by Gasteiger charge is -2.36. The van der Waals surface area contributed by atoms with Gasteiger partial charge in [0.2, 0.25) is 11.8 Å². The number of nitrogens with zero attached hydrogens (tertiary/aromatic N) is 2. The Bertz CT molecular complexity index is 767. The number of amides is 3. The molecule has 2 aliphatic rings. The zero-order valence-corrected chi connectivity index (χ0v) is 18.3. The van der Waals surface area contributed by atoms with Gasteiger partial charge in [0, 0.05) is 37.8 Å². The predicted molar refractivity (Wildman–Crippen MR) is 116 cm³/mol. The molecule has 164 valence electrons. The first kappa shape index (κ1) is 22.3. The van der Waals surface area contributed by atoms with Crippen LogP contribution in [0.2, 0.25) is 0 Å². The summed E-state index contributed by atoms with van der Waals surface area (Å²) in [5, 5.41) is 5.97. The molecule has 1 heterocycles. The summed E-state index contributed by atoms with van der Waals surface area (Å²) in [7, 11) is 0. The number of piperazine rings is 1. The minimum Gasteiger partial charge on any atom is -0.352 e. The Balaban J connectivity index is 1.55. The number of hydrogen-bond donors (Lipinski definition) is 2. The maximum Gasteiger partial charge on any atom is 0.252 e. The lowest BCUT2D eigenvalue weighted by Crippen LogP contribution is -2.56. The molecule has 1 atom stereocenters. The standard InChI is InChI=1S/C23H34N4O3/c1-16(2)14-20(25-22(29)19-7-5-4-6-17(19)3)23(30)27-12-10-26(11-13-27)15-21(28)24-18-8-9-18/h4-7,16,18,20H,8-15H2,1-3H3,(H,24,28)(H,25,29). The molecule has 1 aliphatic carbocycles. The maximum atomic E-state index is 13.2. The smallest absolute Gasteiger partial charge is 0.252 e. The van der Waals surface area contributed by atoms with Gasteiger partial charge in [-0.05, 0) is 43.7 Å². The highest BCUT2D eigenvalue weighted by Gasteiger charge is 2.30. The zero-order valence-electron chi connectivity index (χ0n) is 18.3. The Morgan fingerprint density at radius 3 is 2.33 bits per heavy atom. The van der Waals surface area contributed by atoms with E-state index in [1.54, 1.807) is 6.07 Å². The van der Waals surface area contributed by atoms with Crippen molar-refractivity contribution in [1.29, 1.82) is 0 Å². The number of hydrogen-bond acceptors (Lipinski definition) is 4.